The third-order valence-corrected chi connectivity index (χ3v) is 1.63. The summed E-state index contributed by atoms with van der Waals surface area (Å²) >= 11 is 0. The van der Waals surface area contributed by atoms with Gasteiger partial charge in [-0.1, -0.05) is 0 Å². The third-order valence-electron chi connectivity index (χ3n) is 1.63. The molecule has 0 saturated carbocycles. The van der Waals surface area contributed by atoms with E-state index in [2.05, 4.69) is 9.47 Å². The molecule has 0 amide bonds. The first-order valence-electron chi connectivity index (χ1n) is 3.95. The van der Waals surface area contributed by atoms with Crippen LogP contribution in [0.5, 0.6) is 0 Å². The zero-order valence-corrected chi connectivity index (χ0v) is 8.45. The molecule has 0 radical (unpaired) electrons. The number of carbonyl (C=O) groups excluding carboxylic acids is 1. The Hall–Kier alpha value is -0.900. The number of hydrogen-bond donors (Lipinski definition) is 0. The number of carbonyl (C=O) groups is 1. The molecule has 17 heavy (non-hydrogen) atoms. The van der Waals surface area contributed by atoms with Gasteiger partial charge in [-0.2, -0.15) is 30.7 Å². The Morgan fingerprint density at radius 1 is 1.06 bits per heavy atom. The Morgan fingerprint density at radius 2 is 1.47 bits per heavy atom. The summed E-state index contributed by atoms with van der Waals surface area (Å²) in [6.07, 6.45) is -14.0. The fraction of sp³-hybridized carbons (Fsp3) is 0.857. The molecule has 1 atom stereocenters. The summed E-state index contributed by atoms with van der Waals surface area (Å²) in [4.78, 5) is 9.88. The van der Waals surface area contributed by atoms with Crippen molar-refractivity contribution in [1.29, 1.82) is 0 Å². The molecule has 10 heteroatoms. The average molecular weight is 272 g/mol. The minimum Gasteiger partial charge on any atom is -0.319 e. The van der Waals surface area contributed by atoms with Crippen LogP contribution in [0, 0.1) is 0 Å². The Kier molecular flexibility index (Phi) is 4.51. The van der Waals surface area contributed by atoms with Crippen molar-refractivity contribution >= 4 is 6.04 Å². The van der Waals surface area contributed by atoms with E-state index >= 15 is 0 Å². The summed E-state index contributed by atoms with van der Waals surface area (Å²) in [5.74, 6) is -6.07. The number of alkyl halides is 6. The molecule has 0 aliphatic heterocycles. The molecule has 0 heterocycles. The van der Waals surface area contributed by atoms with Crippen LogP contribution in [0.2, 0.25) is 0 Å². The Bertz CT molecular complexity index is 291. The molecule has 0 aromatic rings. The summed E-state index contributed by atoms with van der Waals surface area (Å²) in [6, 6.07) is -2.51. The highest BCUT2D eigenvalue weighted by atomic mass is 19.4. The van der Waals surface area contributed by atoms with Crippen LogP contribution in [0.1, 0.15) is 6.92 Å². The number of methoxy groups -OCH3 is 1. The Balaban J connectivity index is 5.10. The van der Waals surface area contributed by atoms with Crippen LogP contribution < -0.4 is 0 Å². The fourth-order valence-electron chi connectivity index (χ4n) is 0.640. The largest absolute Gasteiger partial charge is 0.429 e. The van der Waals surface area contributed by atoms with E-state index in [1.54, 1.807) is 0 Å². The molecular weight excluding hydrogens is 265 g/mol. The molecule has 0 N–H and O–H groups in total. The summed E-state index contributed by atoms with van der Waals surface area (Å²) in [5.41, 5.74) is 0. The molecule has 0 saturated heterocycles. The highest BCUT2D eigenvalue weighted by molar-refractivity contribution is 5.72. The van der Waals surface area contributed by atoms with Gasteiger partial charge in [-0.05, 0) is 6.92 Å². The fourth-order valence-corrected chi connectivity index (χ4v) is 0.640. The second kappa shape index (κ2) is 4.77. The van der Waals surface area contributed by atoms with Crippen LogP contribution in [0.4, 0.5) is 30.7 Å². The van der Waals surface area contributed by atoms with Gasteiger partial charge in [-0.25, -0.2) is 0 Å². The SMILES string of the molecule is COC(F)(F)C(F)(F)C(F)(F)OC(C)C(=O)F. The van der Waals surface area contributed by atoms with Gasteiger partial charge in [0.2, 0.25) is 0 Å². The van der Waals surface area contributed by atoms with E-state index < -0.39 is 30.3 Å². The molecule has 0 aliphatic rings. The summed E-state index contributed by atoms with van der Waals surface area (Å²) in [5, 5.41) is 0. The molecule has 0 fully saturated rings. The molecule has 0 spiro atoms. The Morgan fingerprint density at radius 3 is 1.76 bits per heavy atom. The monoisotopic (exact) mass is 272 g/mol. The van der Waals surface area contributed by atoms with Gasteiger partial charge >= 0.3 is 24.2 Å². The molecule has 0 aromatic carbocycles. The molecule has 0 rings (SSSR count). The summed E-state index contributed by atoms with van der Waals surface area (Å²) in [7, 11) is 0.0632. The second-order valence-corrected chi connectivity index (χ2v) is 2.88. The van der Waals surface area contributed by atoms with Crippen molar-refractivity contribution in [2.45, 2.75) is 31.2 Å². The summed E-state index contributed by atoms with van der Waals surface area (Å²) in [6.45, 7) is 0.358. The topological polar surface area (TPSA) is 35.5 Å². The zero-order chi connectivity index (χ0) is 14.1. The van der Waals surface area contributed by atoms with E-state index in [-0.39, 0.29) is 7.11 Å². The standard InChI is InChI=1S/C7H7F7O3/c1-3(4(8)15)17-7(13,14)5(9,10)6(11,12)16-2/h3H,1-2H3. The van der Waals surface area contributed by atoms with Crippen molar-refractivity contribution in [3.05, 3.63) is 0 Å². The maximum absolute atomic E-state index is 12.6. The Labute approximate surface area is 90.5 Å². The number of rotatable bonds is 6. The maximum Gasteiger partial charge on any atom is 0.429 e. The van der Waals surface area contributed by atoms with E-state index in [1.165, 1.54) is 0 Å². The van der Waals surface area contributed by atoms with E-state index in [0.29, 0.717) is 6.92 Å². The quantitative estimate of drug-likeness (QED) is 0.550. The number of ether oxygens (including phenoxy) is 2. The lowest BCUT2D eigenvalue weighted by Gasteiger charge is -2.31. The highest BCUT2D eigenvalue weighted by Gasteiger charge is 2.74. The van der Waals surface area contributed by atoms with Crippen molar-refractivity contribution in [3.63, 3.8) is 0 Å². The van der Waals surface area contributed by atoms with Gasteiger partial charge in [0, 0.05) is 7.11 Å². The molecule has 0 aliphatic carbocycles. The van der Waals surface area contributed by atoms with Gasteiger partial charge in [-0.15, -0.1) is 0 Å². The molecule has 0 aromatic heterocycles. The zero-order valence-electron chi connectivity index (χ0n) is 8.45. The first-order chi connectivity index (χ1) is 7.39. The lowest BCUT2D eigenvalue weighted by atomic mass is 10.3. The van der Waals surface area contributed by atoms with Crippen LogP contribution in [-0.4, -0.2) is 37.4 Å². The van der Waals surface area contributed by atoms with Gasteiger partial charge in [0.25, 0.3) is 0 Å². The first kappa shape index (κ1) is 16.1. The van der Waals surface area contributed by atoms with E-state index in [0.717, 1.165) is 0 Å². The predicted molar refractivity (Wildman–Crippen MR) is 38.5 cm³/mol. The van der Waals surface area contributed by atoms with Crippen molar-refractivity contribution < 1.29 is 45.0 Å². The van der Waals surface area contributed by atoms with Gasteiger partial charge in [-0.3, -0.25) is 4.79 Å². The summed E-state index contributed by atoms with van der Waals surface area (Å²) < 4.78 is 93.0. The third kappa shape index (κ3) is 3.06. The van der Waals surface area contributed by atoms with Gasteiger partial charge < -0.3 is 9.47 Å². The molecule has 102 valence electrons. The average Bonchev–Trinajstić information content (AvgIpc) is 2.16. The number of hydrogen-bond acceptors (Lipinski definition) is 3. The lowest BCUT2D eigenvalue weighted by Crippen LogP contribution is -2.57. The predicted octanol–water partition coefficient (Wildman–Crippen LogP) is 2.35. The van der Waals surface area contributed by atoms with E-state index in [4.69, 9.17) is 0 Å². The van der Waals surface area contributed by atoms with Gasteiger partial charge in [0.05, 0.1) is 0 Å². The van der Waals surface area contributed by atoms with Crippen molar-refractivity contribution in [3.8, 4) is 0 Å². The van der Waals surface area contributed by atoms with Crippen molar-refractivity contribution in [2.75, 3.05) is 7.11 Å². The lowest BCUT2D eigenvalue weighted by molar-refractivity contribution is -0.449. The number of halogens is 7. The van der Waals surface area contributed by atoms with Crippen LogP contribution in [-0.2, 0) is 14.3 Å². The van der Waals surface area contributed by atoms with Crippen molar-refractivity contribution in [1.82, 2.24) is 0 Å². The second-order valence-electron chi connectivity index (χ2n) is 2.88. The van der Waals surface area contributed by atoms with Crippen LogP contribution >= 0.6 is 0 Å². The minimum atomic E-state index is -6.07. The maximum atomic E-state index is 12.6. The van der Waals surface area contributed by atoms with Crippen LogP contribution in [0.15, 0.2) is 0 Å². The normalized spacial score (nSPS) is 15.8. The molecule has 3 nitrogen and oxygen atoms in total. The van der Waals surface area contributed by atoms with Crippen LogP contribution in [0.25, 0.3) is 0 Å². The minimum absolute atomic E-state index is 0.0632. The molecule has 0 bridgehead atoms. The first-order valence-corrected chi connectivity index (χ1v) is 3.95. The molecular formula is C7H7F7O3. The van der Waals surface area contributed by atoms with Crippen molar-refractivity contribution in [2.24, 2.45) is 0 Å². The van der Waals surface area contributed by atoms with E-state index in [1.807, 2.05) is 0 Å². The van der Waals surface area contributed by atoms with Gasteiger partial charge in [0.15, 0.2) is 6.10 Å². The molecule has 1 unspecified atom stereocenters. The smallest absolute Gasteiger partial charge is 0.319 e. The van der Waals surface area contributed by atoms with E-state index in [9.17, 15) is 35.5 Å². The van der Waals surface area contributed by atoms with Crippen LogP contribution in [0.3, 0.4) is 0 Å². The highest BCUT2D eigenvalue weighted by Crippen LogP contribution is 2.47. The van der Waals surface area contributed by atoms with Gasteiger partial charge in [0.1, 0.15) is 0 Å².